The third-order valence-corrected chi connectivity index (χ3v) is 7.77. The minimum Gasteiger partial charge on any atom is -0.463 e. The molecule has 1 unspecified atom stereocenters. The molecule has 0 radical (unpaired) electrons. The molecule has 0 amide bonds. The molecule has 0 aliphatic heterocycles. The van der Waals surface area contributed by atoms with Crippen LogP contribution in [0, 0.1) is 5.92 Å². The lowest BCUT2D eigenvalue weighted by Crippen LogP contribution is -2.25. The largest absolute Gasteiger partial charge is 0.463 e. The van der Waals surface area contributed by atoms with Crippen LogP contribution in [-0.2, 0) is 19.1 Å². The van der Waals surface area contributed by atoms with Crippen molar-refractivity contribution in [1.29, 1.82) is 0 Å². The number of carbonyl (C=O) groups excluding carboxylic acids is 2. The van der Waals surface area contributed by atoms with Gasteiger partial charge < -0.3 is 19.7 Å². The fraction of sp³-hybridized carbons (Fsp3) is 0.707. The molecule has 0 aliphatic rings. The average Bonchev–Trinajstić information content (AvgIpc) is 3.05. The van der Waals surface area contributed by atoms with E-state index in [1.54, 1.807) is 0 Å². The number of hydrogen-bond acceptors (Lipinski definition) is 6. The van der Waals surface area contributed by atoms with Gasteiger partial charge in [-0.05, 0) is 50.9 Å². The lowest BCUT2D eigenvalue weighted by atomic mass is 10.0. The van der Waals surface area contributed by atoms with Gasteiger partial charge in [-0.15, -0.1) is 0 Å². The van der Waals surface area contributed by atoms with Crippen LogP contribution >= 0.6 is 0 Å². The fourth-order valence-electron chi connectivity index (χ4n) is 4.91. The Morgan fingerprint density at radius 3 is 1.66 bits per heavy atom. The third kappa shape index (κ3) is 36.2. The molecular formula is C41H70O6. The number of esters is 2. The number of carbonyl (C=O) groups is 2. The van der Waals surface area contributed by atoms with E-state index in [9.17, 15) is 19.8 Å². The van der Waals surface area contributed by atoms with Crippen molar-refractivity contribution < 1.29 is 29.3 Å². The summed E-state index contributed by atoms with van der Waals surface area (Å²) in [6.45, 7) is 6.34. The van der Waals surface area contributed by atoms with E-state index in [1.807, 2.05) is 37.3 Å². The lowest BCUT2D eigenvalue weighted by Gasteiger charge is -2.12. The molecule has 2 atom stereocenters. The van der Waals surface area contributed by atoms with Gasteiger partial charge >= 0.3 is 11.9 Å². The average molecular weight is 659 g/mol. The highest BCUT2D eigenvalue weighted by Gasteiger charge is 2.12. The Bertz CT molecular complexity index is 869. The standard InChI is InChI=1S/C41H70O6/c1-4-5-31-38(42)32-27-23-19-15-11-7-9-13-17-21-25-29-34-41(45)47-36-39(43)35-46-40(44)33-28-24-20-16-12-8-6-10-14-18-22-26-30-37(2)3/h5,7,9,15,17,19,21,23,27,31,37-39,42-43H,4,6,8,10-14,16,18,20,22,24-26,28-30,32-36H2,1-3H3/b9-7-,19-15-,21-17-,27-23+,31-5-/t38?,39-/m0/s1. The summed E-state index contributed by atoms with van der Waals surface area (Å²) in [4.78, 5) is 23.9. The van der Waals surface area contributed by atoms with Crippen LogP contribution in [0.4, 0.5) is 0 Å². The van der Waals surface area contributed by atoms with Gasteiger partial charge in [0.1, 0.15) is 19.3 Å². The van der Waals surface area contributed by atoms with Crippen LogP contribution < -0.4 is 0 Å². The Morgan fingerprint density at radius 1 is 0.596 bits per heavy atom. The second-order valence-electron chi connectivity index (χ2n) is 13.0. The van der Waals surface area contributed by atoms with Gasteiger partial charge in [-0.25, -0.2) is 0 Å². The second-order valence-corrected chi connectivity index (χ2v) is 13.0. The van der Waals surface area contributed by atoms with E-state index in [0.717, 1.165) is 50.9 Å². The molecule has 6 nitrogen and oxygen atoms in total. The van der Waals surface area contributed by atoms with Crippen molar-refractivity contribution in [2.24, 2.45) is 5.92 Å². The molecule has 47 heavy (non-hydrogen) atoms. The van der Waals surface area contributed by atoms with Gasteiger partial charge in [0, 0.05) is 12.8 Å². The molecule has 0 spiro atoms. The molecule has 0 bridgehead atoms. The van der Waals surface area contributed by atoms with Crippen LogP contribution in [0.2, 0.25) is 0 Å². The number of unbranched alkanes of at least 4 members (excludes halogenated alkanes) is 12. The predicted octanol–water partition coefficient (Wildman–Crippen LogP) is 10.4. The molecule has 0 saturated carbocycles. The zero-order chi connectivity index (χ0) is 34.6. The number of aliphatic hydroxyl groups excluding tert-OH is 2. The van der Waals surface area contributed by atoms with Gasteiger partial charge in [0.25, 0.3) is 0 Å². The number of ether oxygens (including phenoxy) is 2. The van der Waals surface area contributed by atoms with Gasteiger partial charge in [0.2, 0.25) is 0 Å². The third-order valence-electron chi connectivity index (χ3n) is 7.77. The molecule has 0 heterocycles. The van der Waals surface area contributed by atoms with Gasteiger partial charge in [-0.2, -0.15) is 0 Å². The number of aliphatic hydroxyl groups is 2. The van der Waals surface area contributed by atoms with Crippen LogP contribution in [0.25, 0.3) is 0 Å². The van der Waals surface area contributed by atoms with Crippen molar-refractivity contribution >= 4 is 11.9 Å². The molecule has 0 saturated heterocycles. The minimum atomic E-state index is -0.999. The summed E-state index contributed by atoms with van der Waals surface area (Å²) in [7, 11) is 0. The van der Waals surface area contributed by atoms with Crippen molar-refractivity contribution in [3.05, 3.63) is 60.8 Å². The van der Waals surface area contributed by atoms with Gasteiger partial charge in [-0.1, -0.05) is 159 Å². The van der Waals surface area contributed by atoms with E-state index in [4.69, 9.17) is 9.47 Å². The first-order valence-corrected chi connectivity index (χ1v) is 18.8. The van der Waals surface area contributed by atoms with Crippen LogP contribution in [-0.4, -0.2) is 47.6 Å². The summed E-state index contributed by atoms with van der Waals surface area (Å²) < 4.78 is 10.3. The van der Waals surface area contributed by atoms with Crippen molar-refractivity contribution in [2.45, 2.75) is 168 Å². The molecule has 0 fully saturated rings. The van der Waals surface area contributed by atoms with E-state index < -0.39 is 12.2 Å². The Morgan fingerprint density at radius 2 is 1.09 bits per heavy atom. The quantitative estimate of drug-likeness (QED) is 0.0323. The summed E-state index contributed by atoms with van der Waals surface area (Å²) in [5.74, 6) is 0.177. The first-order valence-electron chi connectivity index (χ1n) is 18.8. The Hall–Kier alpha value is -2.44. The summed E-state index contributed by atoms with van der Waals surface area (Å²) in [6, 6.07) is 0. The monoisotopic (exact) mass is 659 g/mol. The van der Waals surface area contributed by atoms with E-state index in [0.29, 0.717) is 19.3 Å². The maximum atomic E-state index is 11.9. The summed E-state index contributed by atoms with van der Waals surface area (Å²) in [5, 5.41) is 19.7. The van der Waals surface area contributed by atoms with Crippen LogP contribution in [0.15, 0.2) is 60.8 Å². The minimum absolute atomic E-state index is 0.145. The summed E-state index contributed by atoms with van der Waals surface area (Å²) in [5.41, 5.74) is 0. The van der Waals surface area contributed by atoms with Crippen molar-refractivity contribution in [2.75, 3.05) is 13.2 Å². The molecule has 0 aromatic rings. The SMILES string of the molecule is CC/C=C\C(O)C/C=C/C=C\C/C=C\C/C=C\CCCC(=O)OC[C@@H](O)COC(=O)CCCCCCCCCCCCCCC(C)C. The molecular weight excluding hydrogens is 588 g/mol. The number of allylic oxidation sites excluding steroid dienone is 8. The van der Waals surface area contributed by atoms with E-state index in [2.05, 4.69) is 44.2 Å². The van der Waals surface area contributed by atoms with E-state index >= 15 is 0 Å². The second kappa shape index (κ2) is 34.9. The molecule has 270 valence electrons. The zero-order valence-corrected chi connectivity index (χ0v) is 30.3. The Labute approximate surface area is 288 Å². The Kier molecular flexibility index (Phi) is 33.1. The van der Waals surface area contributed by atoms with Gasteiger partial charge in [0.15, 0.2) is 0 Å². The topological polar surface area (TPSA) is 93.1 Å². The molecule has 0 rings (SSSR count). The van der Waals surface area contributed by atoms with E-state index in [1.165, 1.54) is 64.2 Å². The maximum absolute atomic E-state index is 11.9. The van der Waals surface area contributed by atoms with Crippen LogP contribution in [0.1, 0.15) is 156 Å². The Balaban J connectivity index is 3.59. The van der Waals surface area contributed by atoms with Crippen LogP contribution in [0.5, 0.6) is 0 Å². The summed E-state index contributed by atoms with van der Waals surface area (Å²) in [6.07, 6.45) is 40.5. The highest BCUT2D eigenvalue weighted by molar-refractivity contribution is 5.69. The van der Waals surface area contributed by atoms with Crippen LogP contribution in [0.3, 0.4) is 0 Å². The fourth-order valence-corrected chi connectivity index (χ4v) is 4.91. The first kappa shape index (κ1) is 44.6. The predicted molar refractivity (Wildman–Crippen MR) is 197 cm³/mol. The zero-order valence-electron chi connectivity index (χ0n) is 30.3. The van der Waals surface area contributed by atoms with Gasteiger partial charge in [-0.3, -0.25) is 9.59 Å². The van der Waals surface area contributed by atoms with Gasteiger partial charge in [0.05, 0.1) is 6.10 Å². The smallest absolute Gasteiger partial charge is 0.305 e. The molecule has 6 heteroatoms. The highest BCUT2D eigenvalue weighted by atomic mass is 16.6. The van der Waals surface area contributed by atoms with Crippen molar-refractivity contribution in [3.8, 4) is 0 Å². The lowest BCUT2D eigenvalue weighted by molar-refractivity contribution is -0.152. The first-order chi connectivity index (χ1) is 22.8. The van der Waals surface area contributed by atoms with E-state index in [-0.39, 0.29) is 31.6 Å². The molecule has 0 aromatic heterocycles. The summed E-state index contributed by atoms with van der Waals surface area (Å²) >= 11 is 0. The van der Waals surface area contributed by atoms with Crippen molar-refractivity contribution in [1.82, 2.24) is 0 Å². The number of rotatable bonds is 32. The molecule has 0 aromatic carbocycles. The number of hydrogen-bond donors (Lipinski definition) is 2. The molecule has 0 aliphatic carbocycles. The highest BCUT2D eigenvalue weighted by Crippen LogP contribution is 2.14. The maximum Gasteiger partial charge on any atom is 0.305 e. The van der Waals surface area contributed by atoms with Crippen molar-refractivity contribution in [3.63, 3.8) is 0 Å². The normalized spacial score (nSPS) is 13.7. The molecule has 2 N–H and O–H groups in total.